The Bertz CT molecular complexity index is 294. The minimum atomic E-state index is 0.257. The Kier molecular flexibility index (Phi) is 5.60. The molecular formula is C9H12Cl2N2S. The number of nitrogens with zero attached hydrogens (tertiary/aromatic N) is 2. The summed E-state index contributed by atoms with van der Waals surface area (Å²) in [5, 5.41) is 1.62. The van der Waals surface area contributed by atoms with E-state index < -0.39 is 0 Å². The number of halogens is 2. The van der Waals surface area contributed by atoms with Crippen LogP contribution < -0.4 is 0 Å². The minimum absolute atomic E-state index is 0.257. The molecule has 2 nitrogen and oxygen atoms in total. The van der Waals surface area contributed by atoms with Gasteiger partial charge in [0, 0.05) is 0 Å². The fraction of sp³-hybridized carbons (Fsp3) is 0.556. The first-order valence-corrected chi connectivity index (χ1v) is 6.29. The molecule has 0 saturated heterocycles. The quantitative estimate of drug-likeness (QED) is 0.341. The summed E-state index contributed by atoms with van der Waals surface area (Å²) in [6, 6.07) is 0. The molecule has 0 unspecified atom stereocenters. The van der Waals surface area contributed by atoms with E-state index in [9.17, 15) is 0 Å². The van der Waals surface area contributed by atoms with Crippen molar-refractivity contribution in [3.05, 3.63) is 16.5 Å². The molecule has 0 aliphatic carbocycles. The summed E-state index contributed by atoms with van der Waals surface area (Å²) in [5.74, 6) is 1.03. The molecule has 0 aliphatic rings. The molecule has 0 spiro atoms. The summed E-state index contributed by atoms with van der Waals surface area (Å²) in [6.45, 7) is 2.18. The molecule has 1 rings (SSSR count). The molecule has 0 bridgehead atoms. The van der Waals surface area contributed by atoms with Gasteiger partial charge in [-0.2, -0.15) is 0 Å². The molecule has 1 aromatic rings. The zero-order chi connectivity index (χ0) is 10.4. The van der Waals surface area contributed by atoms with Crippen LogP contribution in [0.5, 0.6) is 0 Å². The van der Waals surface area contributed by atoms with Crippen molar-refractivity contribution in [1.29, 1.82) is 0 Å². The highest BCUT2D eigenvalue weighted by Gasteiger charge is 2.04. The van der Waals surface area contributed by atoms with E-state index in [2.05, 4.69) is 16.9 Å². The molecule has 0 amide bonds. The third-order valence-corrected chi connectivity index (χ3v) is 3.32. The van der Waals surface area contributed by atoms with Crippen LogP contribution in [-0.4, -0.2) is 15.7 Å². The maximum atomic E-state index is 5.90. The van der Waals surface area contributed by atoms with Gasteiger partial charge in [0.2, 0.25) is 5.28 Å². The third-order valence-electron chi connectivity index (χ3n) is 1.67. The van der Waals surface area contributed by atoms with Gasteiger partial charge in [0.25, 0.3) is 0 Å². The first kappa shape index (κ1) is 12.1. The molecule has 0 fully saturated rings. The fourth-order valence-corrected chi connectivity index (χ4v) is 2.27. The Morgan fingerprint density at radius 1 is 1.36 bits per heavy atom. The molecule has 5 heteroatoms. The highest BCUT2D eigenvalue weighted by Crippen LogP contribution is 2.26. The molecule has 78 valence electrons. The smallest absolute Gasteiger partial charge is 0.223 e. The van der Waals surface area contributed by atoms with Gasteiger partial charge in [-0.25, -0.2) is 9.97 Å². The van der Waals surface area contributed by atoms with Crippen molar-refractivity contribution in [2.24, 2.45) is 0 Å². The van der Waals surface area contributed by atoms with Crippen LogP contribution in [0.4, 0.5) is 0 Å². The van der Waals surface area contributed by atoms with Crippen LogP contribution in [0.15, 0.2) is 11.2 Å². The van der Waals surface area contributed by atoms with Crippen LogP contribution in [0.2, 0.25) is 10.3 Å². The van der Waals surface area contributed by atoms with Gasteiger partial charge in [-0.1, -0.05) is 31.4 Å². The van der Waals surface area contributed by atoms with E-state index in [-0.39, 0.29) is 5.28 Å². The van der Waals surface area contributed by atoms with Crippen LogP contribution >= 0.6 is 35.0 Å². The number of hydrogen-bond donors (Lipinski definition) is 0. The third kappa shape index (κ3) is 4.03. The zero-order valence-corrected chi connectivity index (χ0v) is 10.3. The second-order valence-corrected chi connectivity index (χ2v) is 4.68. The predicted molar refractivity (Wildman–Crippen MR) is 62.3 cm³/mol. The topological polar surface area (TPSA) is 25.8 Å². The van der Waals surface area contributed by atoms with Crippen molar-refractivity contribution in [1.82, 2.24) is 9.97 Å². The van der Waals surface area contributed by atoms with Gasteiger partial charge in [0.05, 0.1) is 11.2 Å². The van der Waals surface area contributed by atoms with Crippen molar-refractivity contribution in [3.63, 3.8) is 0 Å². The minimum Gasteiger partial charge on any atom is -0.225 e. The van der Waals surface area contributed by atoms with Crippen LogP contribution in [0, 0.1) is 0 Å². The fourth-order valence-electron chi connectivity index (χ4n) is 0.953. The van der Waals surface area contributed by atoms with Gasteiger partial charge in [0.15, 0.2) is 0 Å². The lowest BCUT2D eigenvalue weighted by molar-refractivity contribution is 0.778. The Labute approximate surface area is 98.4 Å². The maximum absolute atomic E-state index is 5.90. The summed E-state index contributed by atoms with van der Waals surface area (Å²) in [7, 11) is 0. The van der Waals surface area contributed by atoms with Gasteiger partial charge in [-0.3, -0.25) is 0 Å². The highest BCUT2D eigenvalue weighted by atomic mass is 35.5. The molecule has 0 saturated carbocycles. The second-order valence-electron chi connectivity index (χ2n) is 2.85. The normalized spacial score (nSPS) is 10.5. The first-order valence-electron chi connectivity index (χ1n) is 4.55. The average Bonchev–Trinajstić information content (AvgIpc) is 2.18. The Morgan fingerprint density at radius 3 is 2.86 bits per heavy atom. The van der Waals surface area contributed by atoms with Crippen LogP contribution in [-0.2, 0) is 0 Å². The van der Waals surface area contributed by atoms with E-state index in [0.717, 1.165) is 10.8 Å². The molecule has 0 N–H and O–H groups in total. The monoisotopic (exact) mass is 250 g/mol. The second kappa shape index (κ2) is 6.49. The van der Waals surface area contributed by atoms with Crippen LogP contribution in [0.1, 0.15) is 26.2 Å². The molecule has 0 aromatic carbocycles. The largest absolute Gasteiger partial charge is 0.225 e. The van der Waals surface area contributed by atoms with E-state index in [1.54, 1.807) is 18.0 Å². The molecule has 0 radical (unpaired) electrons. The lowest BCUT2D eigenvalue weighted by Gasteiger charge is -2.02. The van der Waals surface area contributed by atoms with Crippen molar-refractivity contribution in [2.45, 2.75) is 31.2 Å². The lowest BCUT2D eigenvalue weighted by Crippen LogP contribution is -1.88. The van der Waals surface area contributed by atoms with E-state index in [4.69, 9.17) is 23.2 Å². The zero-order valence-electron chi connectivity index (χ0n) is 7.96. The van der Waals surface area contributed by atoms with Crippen molar-refractivity contribution >= 4 is 35.0 Å². The Hall–Kier alpha value is 0.01000. The van der Waals surface area contributed by atoms with E-state index in [1.165, 1.54) is 19.3 Å². The highest BCUT2D eigenvalue weighted by molar-refractivity contribution is 7.99. The number of hydrogen-bond acceptors (Lipinski definition) is 3. The molecule has 0 atom stereocenters. The van der Waals surface area contributed by atoms with Crippen molar-refractivity contribution < 1.29 is 0 Å². The SMILES string of the molecule is CCCCCSc1nc(Cl)ncc1Cl. The first-order chi connectivity index (χ1) is 6.74. The summed E-state index contributed by atoms with van der Waals surface area (Å²) in [6.07, 6.45) is 5.18. The van der Waals surface area contributed by atoms with E-state index in [0.29, 0.717) is 5.02 Å². The standard InChI is InChI=1S/C9H12Cl2N2S/c1-2-3-4-5-14-8-7(10)6-12-9(11)13-8/h6H,2-5H2,1H3. The van der Waals surface area contributed by atoms with E-state index in [1.807, 2.05) is 0 Å². The molecule has 0 aliphatic heterocycles. The van der Waals surface area contributed by atoms with E-state index >= 15 is 0 Å². The van der Waals surface area contributed by atoms with Crippen molar-refractivity contribution in [3.8, 4) is 0 Å². The molecule has 1 heterocycles. The predicted octanol–water partition coefficient (Wildman–Crippen LogP) is 4.07. The average molecular weight is 251 g/mol. The number of unbranched alkanes of at least 4 members (excludes halogenated alkanes) is 2. The number of aromatic nitrogens is 2. The summed E-state index contributed by atoms with van der Waals surface area (Å²) in [4.78, 5) is 7.85. The van der Waals surface area contributed by atoms with Gasteiger partial charge in [0.1, 0.15) is 5.03 Å². The lowest BCUT2D eigenvalue weighted by atomic mass is 10.3. The summed E-state index contributed by atoms with van der Waals surface area (Å²) >= 11 is 13.2. The van der Waals surface area contributed by atoms with Gasteiger partial charge >= 0.3 is 0 Å². The molecule has 1 aromatic heterocycles. The Balaban J connectivity index is 2.45. The number of thioether (sulfide) groups is 1. The Morgan fingerprint density at radius 2 is 2.14 bits per heavy atom. The van der Waals surface area contributed by atoms with Gasteiger partial charge in [-0.15, -0.1) is 11.8 Å². The van der Waals surface area contributed by atoms with Crippen LogP contribution in [0.25, 0.3) is 0 Å². The molecule has 14 heavy (non-hydrogen) atoms. The summed E-state index contributed by atoms with van der Waals surface area (Å²) < 4.78 is 0. The summed E-state index contributed by atoms with van der Waals surface area (Å²) in [5.41, 5.74) is 0. The van der Waals surface area contributed by atoms with Gasteiger partial charge < -0.3 is 0 Å². The van der Waals surface area contributed by atoms with Crippen LogP contribution in [0.3, 0.4) is 0 Å². The van der Waals surface area contributed by atoms with Crippen molar-refractivity contribution in [2.75, 3.05) is 5.75 Å². The molecular weight excluding hydrogens is 239 g/mol. The maximum Gasteiger partial charge on any atom is 0.223 e. The number of rotatable bonds is 5. The van der Waals surface area contributed by atoms with Gasteiger partial charge in [-0.05, 0) is 23.8 Å².